The SMILES string of the molecule is COc1c(N)ncnc1-c1cccc(F)c1. The second-order valence-electron chi connectivity index (χ2n) is 3.15. The summed E-state index contributed by atoms with van der Waals surface area (Å²) in [5, 5.41) is 0. The zero-order valence-corrected chi connectivity index (χ0v) is 8.64. The maximum atomic E-state index is 13.1. The lowest BCUT2D eigenvalue weighted by atomic mass is 10.1. The minimum absolute atomic E-state index is 0.233. The number of ether oxygens (including phenoxy) is 1. The molecule has 2 aromatic rings. The molecule has 5 heteroatoms. The highest BCUT2D eigenvalue weighted by Crippen LogP contribution is 2.31. The van der Waals surface area contributed by atoms with Crippen molar-refractivity contribution in [2.24, 2.45) is 0 Å². The van der Waals surface area contributed by atoms with E-state index in [4.69, 9.17) is 10.5 Å². The monoisotopic (exact) mass is 219 g/mol. The van der Waals surface area contributed by atoms with E-state index >= 15 is 0 Å². The third-order valence-electron chi connectivity index (χ3n) is 2.13. The van der Waals surface area contributed by atoms with Gasteiger partial charge in [0.25, 0.3) is 0 Å². The van der Waals surface area contributed by atoms with Crippen LogP contribution in [0.4, 0.5) is 10.2 Å². The van der Waals surface area contributed by atoms with E-state index in [9.17, 15) is 4.39 Å². The number of hydrogen-bond donors (Lipinski definition) is 1. The lowest BCUT2D eigenvalue weighted by molar-refractivity contribution is 0.415. The Bertz CT molecular complexity index is 516. The zero-order chi connectivity index (χ0) is 11.5. The van der Waals surface area contributed by atoms with Crippen LogP contribution in [0.25, 0.3) is 11.3 Å². The first-order chi connectivity index (χ1) is 7.72. The predicted octanol–water partition coefficient (Wildman–Crippen LogP) is 1.87. The number of benzene rings is 1. The van der Waals surface area contributed by atoms with Gasteiger partial charge in [-0.15, -0.1) is 0 Å². The number of methoxy groups -OCH3 is 1. The van der Waals surface area contributed by atoms with Crippen LogP contribution in [0, 0.1) is 5.82 Å². The third-order valence-corrected chi connectivity index (χ3v) is 2.13. The van der Waals surface area contributed by atoms with E-state index in [0.29, 0.717) is 17.0 Å². The van der Waals surface area contributed by atoms with Crippen LogP contribution >= 0.6 is 0 Å². The summed E-state index contributed by atoms with van der Waals surface area (Å²) in [4.78, 5) is 7.85. The molecule has 4 nitrogen and oxygen atoms in total. The van der Waals surface area contributed by atoms with Crippen LogP contribution in [-0.4, -0.2) is 17.1 Å². The van der Waals surface area contributed by atoms with Crippen LogP contribution in [0.15, 0.2) is 30.6 Å². The predicted molar refractivity (Wildman–Crippen MR) is 58.4 cm³/mol. The minimum atomic E-state index is -0.336. The fourth-order valence-electron chi connectivity index (χ4n) is 1.43. The Hall–Kier alpha value is -2.17. The maximum Gasteiger partial charge on any atom is 0.187 e. The molecule has 0 radical (unpaired) electrons. The van der Waals surface area contributed by atoms with Gasteiger partial charge in [0.1, 0.15) is 17.8 Å². The number of halogens is 1. The molecule has 2 N–H and O–H groups in total. The molecule has 0 atom stereocenters. The highest BCUT2D eigenvalue weighted by molar-refractivity contribution is 5.71. The van der Waals surface area contributed by atoms with Gasteiger partial charge < -0.3 is 10.5 Å². The molecule has 0 amide bonds. The average Bonchev–Trinajstić information content (AvgIpc) is 2.28. The molecule has 0 aliphatic carbocycles. The number of nitrogens with zero attached hydrogens (tertiary/aromatic N) is 2. The van der Waals surface area contributed by atoms with Crippen molar-refractivity contribution in [3.63, 3.8) is 0 Å². The standard InChI is InChI=1S/C11H10FN3O/c1-16-10-9(14-6-15-11(10)13)7-3-2-4-8(12)5-7/h2-6H,1H3,(H2,13,14,15). The van der Waals surface area contributed by atoms with Gasteiger partial charge in [-0.3, -0.25) is 0 Å². The highest BCUT2D eigenvalue weighted by atomic mass is 19.1. The summed E-state index contributed by atoms with van der Waals surface area (Å²) in [7, 11) is 1.47. The topological polar surface area (TPSA) is 61.0 Å². The second kappa shape index (κ2) is 4.14. The van der Waals surface area contributed by atoms with Crippen LogP contribution in [-0.2, 0) is 0 Å². The summed E-state index contributed by atoms with van der Waals surface area (Å²) >= 11 is 0. The number of aromatic nitrogens is 2. The third kappa shape index (κ3) is 1.79. The molecule has 1 aromatic carbocycles. The van der Waals surface area contributed by atoms with Crippen molar-refractivity contribution in [1.82, 2.24) is 9.97 Å². The maximum absolute atomic E-state index is 13.1. The van der Waals surface area contributed by atoms with Gasteiger partial charge in [0.2, 0.25) is 0 Å². The van der Waals surface area contributed by atoms with Crippen molar-refractivity contribution in [3.8, 4) is 17.0 Å². The molecule has 0 aliphatic heterocycles. The van der Waals surface area contributed by atoms with E-state index in [1.807, 2.05) is 0 Å². The molecule has 1 aromatic heterocycles. The van der Waals surface area contributed by atoms with Gasteiger partial charge in [0.05, 0.1) is 7.11 Å². The number of anilines is 1. The largest absolute Gasteiger partial charge is 0.491 e. The molecular weight excluding hydrogens is 209 g/mol. The van der Waals surface area contributed by atoms with Crippen LogP contribution in [0.3, 0.4) is 0 Å². The van der Waals surface area contributed by atoms with Crippen molar-refractivity contribution >= 4 is 5.82 Å². The van der Waals surface area contributed by atoms with E-state index in [1.165, 1.54) is 25.6 Å². The van der Waals surface area contributed by atoms with Crippen LogP contribution in [0.1, 0.15) is 0 Å². The Morgan fingerprint density at radius 3 is 2.81 bits per heavy atom. The van der Waals surface area contributed by atoms with Crippen LogP contribution in [0.5, 0.6) is 5.75 Å². The molecule has 0 saturated carbocycles. The summed E-state index contributed by atoms with van der Waals surface area (Å²) < 4.78 is 18.2. The highest BCUT2D eigenvalue weighted by Gasteiger charge is 2.11. The van der Waals surface area contributed by atoms with Crippen molar-refractivity contribution < 1.29 is 9.13 Å². The fraction of sp³-hybridized carbons (Fsp3) is 0.0909. The molecule has 0 spiro atoms. The Kier molecular flexibility index (Phi) is 2.68. The lowest BCUT2D eigenvalue weighted by Gasteiger charge is -2.08. The van der Waals surface area contributed by atoms with Gasteiger partial charge in [-0.2, -0.15) is 0 Å². The first-order valence-electron chi connectivity index (χ1n) is 4.63. The normalized spacial score (nSPS) is 10.1. The zero-order valence-electron chi connectivity index (χ0n) is 8.64. The molecule has 2 rings (SSSR count). The molecule has 0 unspecified atom stereocenters. The number of nitrogens with two attached hydrogens (primary N) is 1. The quantitative estimate of drug-likeness (QED) is 0.837. The molecule has 16 heavy (non-hydrogen) atoms. The van der Waals surface area contributed by atoms with Crippen LogP contribution < -0.4 is 10.5 Å². The Morgan fingerprint density at radius 2 is 2.12 bits per heavy atom. The van der Waals surface area contributed by atoms with E-state index in [-0.39, 0.29) is 11.6 Å². The average molecular weight is 219 g/mol. The van der Waals surface area contributed by atoms with E-state index < -0.39 is 0 Å². The fourth-order valence-corrected chi connectivity index (χ4v) is 1.43. The van der Waals surface area contributed by atoms with E-state index in [1.54, 1.807) is 12.1 Å². The van der Waals surface area contributed by atoms with Gasteiger partial charge in [-0.25, -0.2) is 14.4 Å². The smallest absolute Gasteiger partial charge is 0.187 e. The first kappa shape index (κ1) is 10.4. The van der Waals surface area contributed by atoms with Gasteiger partial charge >= 0.3 is 0 Å². The molecule has 1 heterocycles. The van der Waals surface area contributed by atoms with Crippen LogP contribution in [0.2, 0.25) is 0 Å². The second-order valence-corrected chi connectivity index (χ2v) is 3.15. The molecule has 82 valence electrons. The Labute approximate surface area is 91.9 Å². The van der Waals surface area contributed by atoms with Crippen molar-refractivity contribution in [3.05, 3.63) is 36.4 Å². The molecule has 0 aliphatic rings. The number of hydrogen-bond acceptors (Lipinski definition) is 4. The summed E-state index contributed by atoms with van der Waals surface area (Å²) in [5.74, 6) is 0.251. The number of rotatable bonds is 2. The Balaban J connectivity index is 2.60. The first-order valence-corrected chi connectivity index (χ1v) is 4.63. The van der Waals surface area contributed by atoms with Crippen molar-refractivity contribution in [2.75, 3.05) is 12.8 Å². The molecule has 0 fully saturated rings. The summed E-state index contributed by atoms with van der Waals surface area (Å²) in [5.41, 5.74) is 6.72. The van der Waals surface area contributed by atoms with Gasteiger partial charge in [0.15, 0.2) is 11.6 Å². The Morgan fingerprint density at radius 1 is 1.31 bits per heavy atom. The van der Waals surface area contributed by atoms with Gasteiger partial charge in [-0.1, -0.05) is 12.1 Å². The molecule has 0 saturated heterocycles. The van der Waals surface area contributed by atoms with Crippen molar-refractivity contribution in [2.45, 2.75) is 0 Å². The molecular formula is C11H10FN3O. The number of nitrogen functional groups attached to an aromatic ring is 1. The van der Waals surface area contributed by atoms with Gasteiger partial charge in [0, 0.05) is 5.56 Å². The summed E-state index contributed by atoms with van der Waals surface area (Å²) in [6.45, 7) is 0. The molecule has 0 bridgehead atoms. The van der Waals surface area contributed by atoms with E-state index in [0.717, 1.165) is 0 Å². The van der Waals surface area contributed by atoms with Gasteiger partial charge in [-0.05, 0) is 12.1 Å². The minimum Gasteiger partial charge on any atom is -0.491 e. The van der Waals surface area contributed by atoms with Crippen molar-refractivity contribution in [1.29, 1.82) is 0 Å². The summed E-state index contributed by atoms with van der Waals surface area (Å²) in [6, 6.07) is 6.06. The lowest BCUT2D eigenvalue weighted by Crippen LogP contribution is -1.99. The van der Waals surface area contributed by atoms with E-state index in [2.05, 4.69) is 9.97 Å². The summed E-state index contributed by atoms with van der Waals surface area (Å²) in [6.07, 6.45) is 1.32.